The summed E-state index contributed by atoms with van der Waals surface area (Å²) in [7, 11) is 0. The van der Waals surface area contributed by atoms with E-state index in [1.54, 1.807) is 12.1 Å². The maximum atomic E-state index is 14.5. The molecule has 1 aromatic rings. The third-order valence-corrected chi connectivity index (χ3v) is 7.38. The van der Waals surface area contributed by atoms with Gasteiger partial charge in [0, 0.05) is 51.8 Å². The number of alkyl halides is 1. The summed E-state index contributed by atoms with van der Waals surface area (Å²) in [6.45, 7) is 9.44. The first kappa shape index (κ1) is 27.3. The largest absolute Gasteiger partial charge is 0.484 e. The molecule has 10 heteroatoms. The highest BCUT2D eigenvalue weighted by molar-refractivity contribution is 6.06. The lowest BCUT2D eigenvalue weighted by Gasteiger charge is -2.39. The highest BCUT2D eigenvalue weighted by Crippen LogP contribution is 2.28. The summed E-state index contributed by atoms with van der Waals surface area (Å²) in [6, 6.07) is 4.89. The minimum Gasteiger partial charge on any atom is -0.484 e. The van der Waals surface area contributed by atoms with Crippen LogP contribution in [0.3, 0.4) is 0 Å². The molecule has 1 aromatic carbocycles. The normalized spacial score (nSPS) is 23.9. The van der Waals surface area contributed by atoms with Crippen LogP contribution in [0.25, 0.3) is 0 Å². The minimum atomic E-state index is -0.955. The molecule has 0 aromatic heterocycles. The Bertz CT molecular complexity index is 982. The van der Waals surface area contributed by atoms with E-state index in [9.17, 15) is 18.8 Å². The molecule has 204 valence electrons. The molecule has 0 aliphatic carbocycles. The number of urea groups is 1. The van der Waals surface area contributed by atoms with E-state index in [2.05, 4.69) is 10.2 Å². The number of halogens is 1. The smallest absolute Gasteiger partial charge is 0.328 e. The van der Waals surface area contributed by atoms with Gasteiger partial charge in [-0.3, -0.25) is 24.7 Å². The lowest BCUT2D eigenvalue weighted by molar-refractivity contribution is -0.135. The van der Waals surface area contributed by atoms with Crippen LogP contribution in [0.2, 0.25) is 0 Å². The van der Waals surface area contributed by atoms with Gasteiger partial charge >= 0.3 is 6.03 Å². The van der Waals surface area contributed by atoms with Crippen molar-refractivity contribution in [2.75, 3.05) is 50.8 Å². The Morgan fingerprint density at radius 2 is 1.89 bits per heavy atom. The number of carbonyl (C=O) groups is 3. The average Bonchev–Trinajstić information content (AvgIpc) is 2.85. The molecule has 3 aliphatic rings. The number of anilines is 1. The van der Waals surface area contributed by atoms with Crippen molar-refractivity contribution in [2.24, 2.45) is 5.92 Å². The van der Waals surface area contributed by atoms with Crippen molar-refractivity contribution < 1.29 is 28.2 Å². The molecule has 3 heterocycles. The van der Waals surface area contributed by atoms with E-state index in [0.29, 0.717) is 43.5 Å². The number of imide groups is 1. The van der Waals surface area contributed by atoms with E-state index in [1.807, 2.05) is 31.7 Å². The zero-order valence-electron chi connectivity index (χ0n) is 22.1. The standard InChI is InChI=1S/C27H39FN4O5/c1-18(2)37-24-8-10-30(16-22(24)28)15-20-6-11-31(12-7-20)26(34)17-36-21-5-4-19(3)23(14-21)32-13-9-25(33)29-27(32)35/h4-5,14,18,20,22,24H,6-13,15-17H2,1-3H3,(H,29,33,35). The lowest BCUT2D eigenvalue weighted by atomic mass is 9.94. The van der Waals surface area contributed by atoms with Crippen LogP contribution in [0.15, 0.2) is 18.2 Å². The summed E-state index contributed by atoms with van der Waals surface area (Å²) >= 11 is 0. The second kappa shape index (κ2) is 12.2. The lowest BCUT2D eigenvalue weighted by Crippen LogP contribution is -2.49. The summed E-state index contributed by atoms with van der Waals surface area (Å²) < 4.78 is 26.0. The molecule has 0 radical (unpaired) electrons. The monoisotopic (exact) mass is 518 g/mol. The van der Waals surface area contributed by atoms with Crippen LogP contribution in [0.5, 0.6) is 5.75 Å². The summed E-state index contributed by atoms with van der Waals surface area (Å²) in [5, 5.41) is 2.33. The number of rotatable bonds is 8. The maximum Gasteiger partial charge on any atom is 0.328 e. The van der Waals surface area contributed by atoms with Gasteiger partial charge < -0.3 is 14.4 Å². The third kappa shape index (κ3) is 7.19. The summed E-state index contributed by atoms with van der Waals surface area (Å²) in [4.78, 5) is 42.0. The van der Waals surface area contributed by atoms with E-state index in [1.165, 1.54) is 4.90 Å². The fourth-order valence-electron chi connectivity index (χ4n) is 5.35. The molecular formula is C27H39FN4O5. The Labute approximate surface area is 218 Å². The van der Waals surface area contributed by atoms with Crippen molar-refractivity contribution in [1.29, 1.82) is 0 Å². The van der Waals surface area contributed by atoms with E-state index in [4.69, 9.17) is 9.47 Å². The van der Waals surface area contributed by atoms with Gasteiger partial charge in [0.05, 0.1) is 17.9 Å². The molecule has 4 rings (SSSR count). The molecule has 3 fully saturated rings. The molecular weight excluding hydrogens is 479 g/mol. The van der Waals surface area contributed by atoms with Gasteiger partial charge in [-0.05, 0) is 57.6 Å². The zero-order valence-corrected chi connectivity index (χ0v) is 22.1. The number of nitrogens with one attached hydrogen (secondary N) is 1. The number of hydrogen-bond acceptors (Lipinski definition) is 6. The number of ether oxygens (including phenoxy) is 2. The second-order valence-electron chi connectivity index (χ2n) is 10.6. The molecule has 1 N–H and O–H groups in total. The fourth-order valence-corrected chi connectivity index (χ4v) is 5.35. The van der Waals surface area contributed by atoms with Crippen LogP contribution in [-0.2, 0) is 14.3 Å². The molecule has 0 bridgehead atoms. The van der Waals surface area contributed by atoms with Crippen LogP contribution in [0.4, 0.5) is 14.9 Å². The van der Waals surface area contributed by atoms with Crippen molar-refractivity contribution in [3.63, 3.8) is 0 Å². The quantitative estimate of drug-likeness (QED) is 0.569. The third-order valence-electron chi connectivity index (χ3n) is 7.38. The molecule has 4 amide bonds. The molecule has 37 heavy (non-hydrogen) atoms. The molecule has 0 saturated carbocycles. The summed E-state index contributed by atoms with van der Waals surface area (Å²) in [5.74, 6) is 0.589. The summed E-state index contributed by atoms with van der Waals surface area (Å²) in [6.07, 6.45) is 1.52. The van der Waals surface area contributed by atoms with Crippen LogP contribution in [0.1, 0.15) is 45.1 Å². The number of aryl methyl sites for hydroxylation is 1. The molecule has 9 nitrogen and oxygen atoms in total. The van der Waals surface area contributed by atoms with Crippen molar-refractivity contribution in [3.05, 3.63) is 23.8 Å². The van der Waals surface area contributed by atoms with Gasteiger partial charge in [0.2, 0.25) is 5.91 Å². The van der Waals surface area contributed by atoms with Crippen molar-refractivity contribution in [2.45, 2.75) is 64.8 Å². The van der Waals surface area contributed by atoms with Crippen LogP contribution >= 0.6 is 0 Å². The van der Waals surface area contributed by atoms with E-state index < -0.39 is 12.2 Å². The zero-order chi connectivity index (χ0) is 26.5. The molecule has 2 unspecified atom stereocenters. The number of benzene rings is 1. The first-order valence-corrected chi connectivity index (χ1v) is 13.3. The minimum absolute atomic E-state index is 0.0387. The van der Waals surface area contributed by atoms with Crippen LogP contribution in [0, 0.1) is 12.8 Å². The molecule has 2 atom stereocenters. The molecule has 0 spiro atoms. The molecule has 3 aliphatic heterocycles. The van der Waals surface area contributed by atoms with E-state index >= 15 is 0 Å². The maximum absolute atomic E-state index is 14.5. The number of amides is 4. The molecule has 3 saturated heterocycles. The summed E-state index contributed by atoms with van der Waals surface area (Å²) in [5.41, 5.74) is 1.53. The van der Waals surface area contributed by atoms with Gasteiger partial charge in [0.15, 0.2) is 6.61 Å². The Morgan fingerprint density at radius 1 is 1.14 bits per heavy atom. The van der Waals surface area contributed by atoms with Gasteiger partial charge in [0.1, 0.15) is 11.9 Å². The number of nitrogens with zero attached hydrogens (tertiary/aromatic N) is 3. The van der Waals surface area contributed by atoms with Crippen molar-refractivity contribution >= 4 is 23.5 Å². The van der Waals surface area contributed by atoms with Crippen molar-refractivity contribution in [3.8, 4) is 5.75 Å². The highest BCUT2D eigenvalue weighted by atomic mass is 19.1. The Balaban J connectivity index is 1.21. The van der Waals surface area contributed by atoms with E-state index in [0.717, 1.165) is 37.9 Å². The topological polar surface area (TPSA) is 91.4 Å². The van der Waals surface area contributed by atoms with Crippen LogP contribution in [-0.4, -0.2) is 91.9 Å². The number of carbonyl (C=O) groups excluding carboxylic acids is 3. The average molecular weight is 519 g/mol. The second-order valence-corrected chi connectivity index (χ2v) is 10.6. The first-order valence-electron chi connectivity index (χ1n) is 13.3. The van der Waals surface area contributed by atoms with Gasteiger partial charge in [-0.25, -0.2) is 9.18 Å². The van der Waals surface area contributed by atoms with Gasteiger partial charge in [-0.15, -0.1) is 0 Å². The van der Waals surface area contributed by atoms with Crippen LogP contribution < -0.4 is 15.0 Å². The first-order chi connectivity index (χ1) is 17.7. The number of hydrogen-bond donors (Lipinski definition) is 1. The van der Waals surface area contributed by atoms with Gasteiger partial charge in [-0.2, -0.15) is 0 Å². The Hall–Kier alpha value is -2.72. The van der Waals surface area contributed by atoms with Gasteiger partial charge in [0.25, 0.3) is 5.91 Å². The Morgan fingerprint density at radius 3 is 2.57 bits per heavy atom. The SMILES string of the molecule is Cc1ccc(OCC(=O)N2CCC(CN3CCC(OC(C)C)C(F)C3)CC2)cc1N1CCC(=O)NC1=O. The predicted molar refractivity (Wildman–Crippen MR) is 137 cm³/mol. The Kier molecular flexibility index (Phi) is 9.02. The number of likely N-dealkylation sites (tertiary alicyclic amines) is 2. The fraction of sp³-hybridized carbons (Fsp3) is 0.667. The van der Waals surface area contributed by atoms with E-state index in [-0.39, 0.29) is 37.0 Å². The highest BCUT2D eigenvalue weighted by Gasteiger charge is 2.32. The predicted octanol–water partition coefficient (Wildman–Crippen LogP) is 2.90. The van der Waals surface area contributed by atoms with Crippen molar-refractivity contribution in [1.82, 2.24) is 15.1 Å². The number of piperidine rings is 2. The van der Waals surface area contributed by atoms with Gasteiger partial charge in [-0.1, -0.05) is 6.07 Å².